The van der Waals surface area contributed by atoms with Crippen LogP contribution in [0.5, 0.6) is 0 Å². The summed E-state index contributed by atoms with van der Waals surface area (Å²) in [4.78, 5) is 0. The van der Waals surface area contributed by atoms with Gasteiger partial charge in [-0.3, -0.25) is 4.68 Å². The first-order valence-electron chi connectivity index (χ1n) is 7.42. The van der Waals surface area contributed by atoms with E-state index in [1.807, 2.05) is 0 Å². The van der Waals surface area contributed by atoms with E-state index in [0.717, 1.165) is 12.2 Å². The van der Waals surface area contributed by atoms with Crippen LogP contribution in [-0.4, -0.2) is 16.3 Å². The topological polar surface area (TPSA) is 29.9 Å². The molecule has 0 amide bonds. The Bertz CT molecular complexity index is 634. The van der Waals surface area contributed by atoms with E-state index >= 15 is 0 Å². The minimum absolute atomic E-state index is 0.466. The Morgan fingerprint density at radius 3 is 2.65 bits per heavy atom. The predicted molar refractivity (Wildman–Crippen MR) is 82.8 cm³/mol. The molecule has 0 spiro atoms. The van der Waals surface area contributed by atoms with Gasteiger partial charge < -0.3 is 5.32 Å². The summed E-state index contributed by atoms with van der Waals surface area (Å²) in [5, 5.41) is 8.35. The van der Waals surface area contributed by atoms with Gasteiger partial charge in [0.25, 0.3) is 0 Å². The second-order valence-electron chi connectivity index (χ2n) is 5.93. The monoisotopic (exact) mass is 269 g/mol. The summed E-state index contributed by atoms with van der Waals surface area (Å²) < 4.78 is 2.06. The van der Waals surface area contributed by atoms with E-state index in [0.29, 0.717) is 6.04 Å². The van der Waals surface area contributed by atoms with Gasteiger partial charge in [0.15, 0.2) is 0 Å². The Hall–Kier alpha value is -1.61. The van der Waals surface area contributed by atoms with Crippen LogP contribution in [0.25, 0.3) is 11.3 Å². The molecule has 1 aliphatic heterocycles. The molecule has 1 aromatic carbocycles. The fourth-order valence-corrected chi connectivity index (χ4v) is 3.21. The summed E-state index contributed by atoms with van der Waals surface area (Å²) in [7, 11) is 2.06. The van der Waals surface area contributed by atoms with Gasteiger partial charge in [0.1, 0.15) is 0 Å². The highest BCUT2D eigenvalue weighted by atomic mass is 15.3. The molecule has 2 heterocycles. The van der Waals surface area contributed by atoms with E-state index in [1.54, 1.807) is 0 Å². The minimum atomic E-state index is 0.466. The van der Waals surface area contributed by atoms with Gasteiger partial charge in [0, 0.05) is 18.7 Å². The van der Waals surface area contributed by atoms with Crippen LogP contribution in [0.3, 0.4) is 0 Å². The van der Waals surface area contributed by atoms with Crippen molar-refractivity contribution in [2.45, 2.75) is 39.7 Å². The van der Waals surface area contributed by atoms with E-state index in [1.165, 1.54) is 40.8 Å². The van der Waals surface area contributed by atoms with Gasteiger partial charge in [-0.15, -0.1) is 0 Å². The molecular formula is C17H23N3. The average Bonchev–Trinajstić information content (AvgIpc) is 3.01. The van der Waals surface area contributed by atoms with Gasteiger partial charge in [0.05, 0.1) is 11.4 Å². The number of hydrogen-bond acceptors (Lipinski definition) is 2. The van der Waals surface area contributed by atoms with Gasteiger partial charge in [-0.2, -0.15) is 5.10 Å². The standard InChI is InChI=1S/C17H23N3/c1-11-7-8-14(10-12(11)2)16-13(3)17(20(4)19-16)15-6-5-9-18-15/h7-8,10,15,18H,5-6,9H2,1-4H3. The van der Waals surface area contributed by atoms with Crippen molar-refractivity contribution in [1.82, 2.24) is 15.1 Å². The number of aromatic nitrogens is 2. The van der Waals surface area contributed by atoms with Crippen LogP contribution in [0, 0.1) is 20.8 Å². The fourth-order valence-electron chi connectivity index (χ4n) is 3.21. The molecule has 1 aliphatic rings. The Kier molecular flexibility index (Phi) is 3.38. The second-order valence-corrected chi connectivity index (χ2v) is 5.93. The molecule has 20 heavy (non-hydrogen) atoms. The first-order chi connectivity index (χ1) is 9.58. The molecular weight excluding hydrogens is 246 g/mol. The van der Waals surface area contributed by atoms with Crippen molar-refractivity contribution in [3.8, 4) is 11.3 Å². The quantitative estimate of drug-likeness (QED) is 0.905. The molecule has 0 saturated carbocycles. The zero-order chi connectivity index (χ0) is 14.3. The van der Waals surface area contributed by atoms with Crippen LogP contribution >= 0.6 is 0 Å². The summed E-state index contributed by atoms with van der Waals surface area (Å²) >= 11 is 0. The number of hydrogen-bond donors (Lipinski definition) is 1. The summed E-state index contributed by atoms with van der Waals surface area (Å²) in [5.41, 5.74) is 7.67. The van der Waals surface area contributed by atoms with Crippen LogP contribution in [0.4, 0.5) is 0 Å². The van der Waals surface area contributed by atoms with Crippen molar-refractivity contribution in [2.24, 2.45) is 7.05 Å². The lowest BCUT2D eigenvalue weighted by atomic mass is 10.00. The first kappa shape index (κ1) is 13.4. The normalized spacial score (nSPS) is 18.7. The Balaban J connectivity index is 2.06. The molecule has 0 bridgehead atoms. The molecule has 1 fully saturated rings. The lowest BCUT2D eigenvalue weighted by Crippen LogP contribution is -2.17. The molecule has 1 saturated heterocycles. The van der Waals surface area contributed by atoms with Crippen LogP contribution in [0.2, 0.25) is 0 Å². The van der Waals surface area contributed by atoms with Crippen molar-refractivity contribution in [1.29, 1.82) is 0 Å². The third-order valence-corrected chi connectivity index (χ3v) is 4.51. The number of aryl methyl sites for hydroxylation is 3. The highest BCUT2D eigenvalue weighted by Crippen LogP contribution is 2.32. The summed E-state index contributed by atoms with van der Waals surface area (Å²) in [6.07, 6.45) is 2.47. The molecule has 1 N–H and O–H groups in total. The number of nitrogens with one attached hydrogen (secondary N) is 1. The molecule has 106 valence electrons. The third kappa shape index (κ3) is 2.16. The molecule has 3 rings (SSSR count). The maximum Gasteiger partial charge on any atom is 0.0955 e. The van der Waals surface area contributed by atoms with Gasteiger partial charge in [-0.05, 0) is 62.9 Å². The van der Waals surface area contributed by atoms with E-state index in [2.05, 4.69) is 56.0 Å². The largest absolute Gasteiger partial charge is 0.309 e. The lowest BCUT2D eigenvalue weighted by Gasteiger charge is -2.12. The molecule has 1 atom stereocenters. The Morgan fingerprint density at radius 2 is 2.00 bits per heavy atom. The Morgan fingerprint density at radius 1 is 1.20 bits per heavy atom. The fraction of sp³-hybridized carbons (Fsp3) is 0.471. The van der Waals surface area contributed by atoms with Gasteiger partial charge in [-0.25, -0.2) is 0 Å². The molecule has 3 heteroatoms. The van der Waals surface area contributed by atoms with Gasteiger partial charge >= 0.3 is 0 Å². The lowest BCUT2D eigenvalue weighted by molar-refractivity contribution is 0.571. The zero-order valence-electron chi connectivity index (χ0n) is 12.8. The second kappa shape index (κ2) is 5.06. The third-order valence-electron chi connectivity index (χ3n) is 4.51. The minimum Gasteiger partial charge on any atom is -0.309 e. The van der Waals surface area contributed by atoms with E-state index in [4.69, 9.17) is 5.10 Å². The Labute approximate surface area is 121 Å². The van der Waals surface area contributed by atoms with E-state index in [9.17, 15) is 0 Å². The van der Waals surface area contributed by atoms with Crippen molar-refractivity contribution in [3.63, 3.8) is 0 Å². The van der Waals surface area contributed by atoms with E-state index in [-0.39, 0.29) is 0 Å². The summed E-state index contributed by atoms with van der Waals surface area (Å²) in [6.45, 7) is 7.63. The van der Waals surface area contributed by atoms with Crippen molar-refractivity contribution >= 4 is 0 Å². The smallest absolute Gasteiger partial charge is 0.0955 e. The van der Waals surface area contributed by atoms with Crippen molar-refractivity contribution < 1.29 is 0 Å². The number of rotatable bonds is 2. The number of benzene rings is 1. The molecule has 1 unspecified atom stereocenters. The first-order valence-corrected chi connectivity index (χ1v) is 7.42. The maximum absolute atomic E-state index is 4.77. The van der Waals surface area contributed by atoms with Gasteiger partial charge in [-0.1, -0.05) is 12.1 Å². The van der Waals surface area contributed by atoms with Crippen LogP contribution in [-0.2, 0) is 7.05 Å². The number of nitrogens with zero attached hydrogens (tertiary/aromatic N) is 2. The maximum atomic E-state index is 4.77. The molecule has 2 aromatic rings. The van der Waals surface area contributed by atoms with Crippen LogP contribution in [0.1, 0.15) is 41.3 Å². The average molecular weight is 269 g/mol. The van der Waals surface area contributed by atoms with Crippen LogP contribution in [0.15, 0.2) is 18.2 Å². The molecule has 0 aliphatic carbocycles. The van der Waals surface area contributed by atoms with Crippen molar-refractivity contribution in [2.75, 3.05) is 6.54 Å². The molecule has 1 aromatic heterocycles. The predicted octanol–water partition coefficient (Wildman–Crippen LogP) is 3.44. The summed E-state index contributed by atoms with van der Waals surface area (Å²) in [6, 6.07) is 7.08. The van der Waals surface area contributed by atoms with Crippen molar-refractivity contribution in [3.05, 3.63) is 40.6 Å². The summed E-state index contributed by atoms with van der Waals surface area (Å²) in [5.74, 6) is 0. The van der Waals surface area contributed by atoms with Gasteiger partial charge in [0.2, 0.25) is 0 Å². The molecule has 3 nitrogen and oxygen atoms in total. The zero-order valence-corrected chi connectivity index (χ0v) is 12.8. The molecule has 0 radical (unpaired) electrons. The SMILES string of the molecule is Cc1ccc(-c2nn(C)c(C3CCCN3)c2C)cc1C. The van der Waals surface area contributed by atoms with E-state index < -0.39 is 0 Å². The highest BCUT2D eigenvalue weighted by Gasteiger charge is 2.24. The van der Waals surface area contributed by atoms with Crippen LogP contribution < -0.4 is 5.32 Å². The highest BCUT2D eigenvalue weighted by molar-refractivity contribution is 5.65.